The maximum absolute atomic E-state index is 11.2. The lowest BCUT2D eigenvalue weighted by atomic mass is 9.98. The lowest BCUT2D eigenvalue weighted by Crippen LogP contribution is -2.18. The van der Waals surface area contributed by atoms with Crippen molar-refractivity contribution >= 4 is 21.5 Å². The summed E-state index contributed by atoms with van der Waals surface area (Å²) in [6, 6.07) is 25.9. The van der Waals surface area contributed by atoms with Gasteiger partial charge in [-0.05, 0) is 35.4 Å². The van der Waals surface area contributed by atoms with Crippen molar-refractivity contribution in [1.82, 2.24) is 0 Å². The standard InChI is InChI=1S/C21H18N2O3S/c24-27(25,26)19-13-11-18(12-14-19)23-21(17-9-5-2-6-10-17)15-20(22-23)16-7-3-1-4-8-16/h1-14,21H,15H2,(H,24,25,26)/p-1. The highest BCUT2D eigenvalue weighted by molar-refractivity contribution is 7.85. The molecule has 0 amide bonds. The van der Waals surface area contributed by atoms with Gasteiger partial charge in [-0.15, -0.1) is 0 Å². The van der Waals surface area contributed by atoms with Crippen LogP contribution >= 0.6 is 0 Å². The van der Waals surface area contributed by atoms with E-state index in [1.54, 1.807) is 12.1 Å². The van der Waals surface area contributed by atoms with Gasteiger partial charge in [0.2, 0.25) is 0 Å². The normalized spacial score (nSPS) is 17.0. The molecule has 1 unspecified atom stereocenters. The van der Waals surface area contributed by atoms with E-state index in [4.69, 9.17) is 5.10 Å². The van der Waals surface area contributed by atoms with E-state index in [9.17, 15) is 13.0 Å². The number of anilines is 1. The third kappa shape index (κ3) is 3.63. The van der Waals surface area contributed by atoms with Crippen LogP contribution in [0, 0.1) is 0 Å². The molecule has 0 fully saturated rings. The van der Waals surface area contributed by atoms with Gasteiger partial charge in [0, 0.05) is 6.42 Å². The summed E-state index contributed by atoms with van der Waals surface area (Å²) >= 11 is 0. The van der Waals surface area contributed by atoms with Crippen LogP contribution in [0.15, 0.2) is 94.9 Å². The second kappa shape index (κ2) is 6.98. The Morgan fingerprint density at radius 1 is 0.852 bits per heavy atom. The molecule has 0 aromatic heterocycles. The average Bonchev–Trinajstić information content (AvgIpc) is 3.14. The van der Waals surface area contributed by atoms with E-state index >= 15 is 0 Å². The van der Waals surface area contributed by atoms with Crippen LogP contribution < -0.4 is 5.01 Å². The van der Waals surface area contributed by atoms with E-state index in [-0.39, 0.29) is 10.9 Å². The van der Waals surface area contributed by atoms with Gasteiger partial charge in [0.05, 0.1) is 22.3 Å². The zero-order valence-corrected chi connectivity index (χ0v) is 15.2. The Bertz CT molecular complexity index is 1060. The molecule has 3 aromatic carbocycles. The highest BCUT2D eigenvalue weighted by atomic mass is 32.2. The Morgan fingerprint density at radius 2 is 1.44 bits per heavy atom. The Kier molecular flexibility index (Phi) is 4.51. The predicted octanol–water partition coefficient (Wildman–Crippen LogP) is 3.95. The van der Waals surface area contributed by atoms with Gasteiger partial charge in [-0.3, -0.25) is 5.01 Å². The van der Waals surface area contributed by atoms with Crippen LogP contribution in [-0.4, -0.2) is 18.7 Å². The van der Waals surface area contributed by atoms with Gasteiger partial charge >= 0.3 is 0 Å². The molecule has 3 aromatic rings. The SMILES string of the molecule is O=S(=O)([O-])c1ccc(N2N=C(c3ccccc3)CC2c2ccccc2)cc1. The fraction of sp³-hybridized carbons (Fsp3) is 0.0952. The summed E-state index contributed by atoms with van der Waals surface area (Å²) in [5, 5.41) is 6.69. The number of benzene rings is 3. The Balaban J connectivity index is 1.74. The summed E-state index contributed by atoms with van der Waals surface area (Å²) in [4.78, 5) is -0.242. The maximum atomic E-state index is 11.2. The minimum atomic E-state index is -4.47. The summed E-state index contributed by atoms with van der Waals surface area (Å²) in [5.74, 6) is 0. The fourth-order valence-electron chi connectivity index (χ4n) is 3.25. The average molecular weight is 377 g/mol. The van der Waals surface area contributed by atoms with Crippen LogP contribution in [0.25, 0.3) is 0 Å². The molecule has 0 saturated heterocycles. The quantitative estimate of drug-likeness (QED) is 0.646. The van der Waals surface area contributed by atoms with Crippen LogP contribution in [0.3, 0.4) is 0 Å². The van der Waals surface area contributed by atoms with Crippen LogP contribution in [0.4, 0.5) is 5.69 Å². The van der Waals surface area contributed by atoms with Gasteiger partial charge in [-0.2, -0.15) is 5.10 Å². The molecule has 27 heavy (non-hydrogen) atoms. The molecule has 5 nitrogen and oxygen atoms in total. The molecule has 0 N–H and O–H groups in total. The molecule has 1 heterocycles. The van der Waals surface area contributed by atoms with E-state index in [0.717, 1.165) is 28.9 Å². The summed E-state index contributed by atoms with van der Waals surface area (Å²) < 4.78 is 33.6. The zero-order chi connectivity index (χ0) is 18.9. The van der Waals surface area contributed by atoms with E-state index < -0.39 is 10.1 Å². The van der Waals surface area contributed by atoms with E-state index in [2.05, 4.69) is 12.1 Å². The Hall–Kier alpha value is -2.96. The van der Waals surface area contributed by atoms with E-state index in [1.807, 2.05) is 53.5 Å². The summed E-state index contributed by atoms with van der Waals surface area (Å²) in [5.41, 5.74) is 3.87. The second-order valence-electron chi connectivity index (χ2n) is 6.34. The van der Waals surface area contributed by atoms with Crippen molar-refractivity contribution in [3.05, 3.63) is 96.1 Å². The number of hydrogen-bond donors (Lipinski definition) is 0. The van der Waals surface area contributed by atoms with Crippen molar-refractivity contribution in [1.29, 1.82) is 0 Å². The topological polar surface area (TPSA) is 72.8 Å². The van der Waals surface area contributed by atoms with Crippen LogP contribution in [0.1, 0.15) is 23.6 Å². The lowest BCUT2D eigenvalue weighted by Gasteiger charge is -2.24. The van der Waals surface area contributed by atoms with Gasteiger partial charge in [-0.1, -0.05) is 60.7 Å². The van der Waals surface area contributed by atoms with Crippen molar-refractivity contribution in [3.63, 3.8) is 0 Å². The number of rotatable bonds is 4. The molecule has 136 valence electrons. The number of nitrogens with zero attached hydrogens (tertiary/aromatic N) is 2. The van der Waals surface area contributed by atoms with Gasteiger partial charge in [0.1, 0.15) is 10.1 Å². The molecule has 1 aliphatic rings. The van der Waals surface area contributed by atoms with Crippen molar-refractivity contribution in [2.75, 3.05) is 5.01 Å². The Morgan fingerprint density at radius 3 is 2.04 bits per heavy atom. The first-order valence-electron chi connectivity index (χ1n) is 8.55. The minimum absolute atomic E-state index is 0.00360. The van der Waals surface area contributed by atoms with Crippen molar-refractivity contribution in [2.24, 2.45) is 5.10 Å². The van der Waals surface area contributed by atoms with Crippen LogP contribution in [0.2, 0.25) is 0 Å². The molecule has 1 aliphatic heterocycles. The third-order valence-corrected chi connectivity index (χ3v) is 5.44. The van der Waals surface area contributed by atoms with Gasteiger partial charge in [0.25, 0.3) is 0 Å². The number of hydrogen-bond acceptors (Lipinski definition) is 5. The zero-order valence-electron chi connectivity index (χ0n) is 14.4. The highest BCUT2D eigenvalue weighted by Crippen LogP contribution is 2.36. The predicted molar refractivity (Wildman–Crippen MR) is 104 cm³/mol. The molecule has 0 bridgehead atoms. The monoisotopic (exact) mass is 377 g/mol. The molecule has 0 aliphatic carbocycles. The molecule has 0 saturated carbocycles. The molecular formula is C21H17N2O3S-. The first kappa shape index (κ1) is 17.5. The van der Waals surface area contributed by atoms with Gasteiger partial charge in [-0.25, -0.2) is 8.42 Å². The fourth-order valence-corrected chi connectivity index (χ4v) is 3.72. The Labute approximate surface area is 158 Å². The molecular weight excluding hydrogens is 360 g/mol. The van der Waals surface area contributed by atoms with E-state index in [0.29, 0.717) is 0 Å². The molecule has 4 rings (SSSR count). The lowest BCUT2D eigenvalue weighted by molar-refractivity contribution is 0.463. The van der Waals surface area contributed by atoms with E-state index in [1.165, 1.54) is 12.1 Å². The van der Waals surface area contributed by atoms with Gasteiger partial charge in [0.15, 0.2) is 0 Å². The largest absolute Gasteiger partial charge is 0.744 e. The maximum Gasteiger partial charge on any atom is 0.124 e. The molecule has 1 atom stereocenters. The third-order valence-electron chi connectivity index (χ3n) is 4.59. The first-order chi connectivity index (χ1) is 13.0. The minimum Gasteiger partial charge on any atom is -0.744 e. The van der Waals surface area contributed by atoms with Gasteiger partial charge < -0.3 is 4.55 Å². The van der Waals surface area contributed by atoms with Crippen molar-refractivity contribution in [2.45, 2.75) is 17.4 Å². The first-order valence-corrected chi connectivity index (χ1v) is 9.96. The summed E-state index contributed by atoms with van der Waals surface area (Å²) in [6.45, 7) is 0. The summed E-state index contributed by atoms with van der Waals surface area (Å²) in [6.07, 6.45) is 0.732. The summed E-state index contributed by atoms with van der Waals surface area (Å²) in [7, 11) is -4.47. The second-order valence-corrected chi connectivity index (χ2v) is 7.72. The number of hydrazone groups is 1. The van der Waals surface area contributed by atoms with Crippen LogP contribution in [-0.2, 0) is 10.1 Å². The van der Waals surface area contributed by atoms with Crippen molar-refractivity contribution in [3.8, 4) is 0 Å². The molecule has 0 radical (unpaired) electrons. The van der Waals surface area contributed by atoms with Crippen molar-refractivity contribution < 1.29 is 13.0 Å². The molecule has 0 spiro atoms. The highest BCUT2D eigenvalue weighted by Gasteiger charge is 2.29. The molecule has 6 heteroatoms. The van der Waals surface area contributed by atoms with Crippen LogP contribution in [0.5, 0.6) is 0 Å². The smallest absolute Gasteiger partial charge is 0.124 e.